The van der Waals surface area contributed by atoms with E-state index in [0.29, 0.717) is 13.2 Å². The molecule has 0 saturated heterocycles. The average Bonchev–Trinajstić information content (AvgIpc) is 2.44. The Morgan fingerprint density at radius 1 is 1.24 bits per heavy atom. The zero-order chi connectivity index (χ0) is 15.5. The predicted molar refractivity (Wildman–Crippen MR) is 86.7 cm³/mol. The highest BCUT2D eigenvalue weighted by atomic mass is 16.5. The Hall–Kier alpha value is -1.55. The molecule has 0 aliphatic carbocycles. The molecule has 1 rings (SSSR count). The molecule has 0 aliphatic heterocycles. The molecule has 1 aromatic carbocycles. The normalized spacial score (nSPS) is 10.7. The van der Waals surface area contributed by atoms with Crippen LogP contribution < -0.4 is 10.1 Å². The van der Waals surface area contributed by atoms with Gasteiger partial charge in [0.15, 0.2) is 0 Å². The smallest absolute Gasteiger partial charge is 0.234 e. The summed E-state index contributed by atoms with van der Waals surface area (Å²) in [7, 11) is 1.97. The summed E-state index contributed by atoms with van der Waals surface area (Å²) in [5, 5.41) is 2.94. The summed E-state index contributed by atoms with van der Waals surface area (Å²) < 4.78 is 5.64. The maximum absolute atomic E-state index is 11.6. The second kappa shape index (κ2) is 10.2. The minimum atomic E-state index is 0.102. The van der Waals surface area contributed by atoms with Crippen molar-refractivity contribution in [2.45, 2.75) is 33.1 Å². The number of ether oxygens (including phenoxy) is 1. The van der Waals surface area contributed by atoms with Gasteiger partial charge in [-0.15, -0.1) is 0 Å². The Balaban J connectivity index is 2.01. The molecule has 0 bridgehead atoms. The number of nitrogens with zero attached hydrogens (tertiary/aromatic N) is 1. The molecule has 0 spiro atoms. The van der Waals surface area contributed by atoms with E-state index in [9.17, 15) is 4.79 Å². The molecule has 0 fully saturated rings. The van der Waals surface area contributed by atoms with Crippen molar-refractivity contribution in [1.29, 1.82) is 0 Å². The van der Waals surface area contributed by atoms with E-state index in [4.69, 9.17) is 4.74 Å². The van der Waals surface area contributed by atoms with Crippen LogP contribution in [0.3, 0.4) is 0 Å². The van der Waals surface area contributed by atoms with Crippen molar-refractivity contribution in [1.82, 2.24) is 10.2 Å². The van der Waals surface area contributed by atoms with Crippen molar-refractivity contribution in [3.8, 4) is 5.75 Å². The molecule has 0 atom stereocenters. The monoisotopic (exact) mass is 292 g/mol. The van der Waals surface area contributed by atoms with E-state index in [1.54, 1.807) is 0 Å². The first-order valence-electron chi connectivity index (χ1n) is 7.76. The summed E-state index contributed by atoms with van der Waals surface area (Å²) >= 11 is 0. The van der Waals surface area contributed by atoms with Crippen LogP contribution in [0.4, 0.5) is 0 Å². The number of unbranched alkanes of at least 4 members (excludes halogenated alkanes) is 1. The summed E-state index contributed by atoms with van der Waals surface area (Å²) in [6, 6.07) is 8.06. The number of carbonyl (C=O) groups excluding carboxylic acids is 1. The highest BCUT2D eigenvalue weighted by Crippen LogP contribution is 2.11. The first kappa shape index (κ1) is 17.5. The summed E-state index contributed by atoms with van der Waals surface area (Å²) in [5.41, 5.74) is 1.23. The van der Waals surface area contributed by atoms with Crippen LogP contribution in [0.15, 0.2) is 24.3 Å². The molecule has 21 heavy (non-hydrogen) atoms. The second-order valence-corrected chi connectivity index (χ2v) is 5.46. The summed E-state index contributed by atoms with van der Waals surface area (Å²) in [6.07, 6.45) is 2.95. The number of hydrogen-bond acceptors (Lipinski definition) is 3. The van der Waals surface area contributed by atoms with E-state index < -0.39 is 0 Å². The van der Waals surface area contributed by atoms with E-state index in [2.05, 4.69) is 19.2 Å². The van der Waals surface area contributed by atoms with Crippen LogP contribution >= 0.6 is 0 Å². The van der Waals surface area contributed by atoms with Gasteiger partial charge in [-0.25, -0.2) is 0 Å². The third-order valence-electron chi connectivity index (χ3n) is 3.20. The van der Waals surface area contributed by atoms with E-state index in [1.807, 2.05) is 36.2 Å². The Kier molecular flexibility index (Phi) is 8.51. The van der Waals surface area contributed by atoms with Crippen LogP contribution in [-0.4, -0.2) is 44.1 Å². The molecule has 1 amide bonds. The quantitative estimate of drug-likeness (QED) is 0.674. The van der Waals surface area contributed by atoms with Gasteiger partial charge in [0.2, 0.25) is 5.91 Å². The van der Waals surface area contributed by atoms with Crippen molar-refractivity contribution in [3.05, 3.63) is 29.8 Å². The highest BCUT2D eigenvalue weighted by molar-refractivity contribution is 5.77. The van der Waals surface area contributed by atoms with Gasteiger partial charge in [0.25, 0.3) is 0 Å². The fourth-order valence-corrected chi connectivity index (χ4v) is 2.04. The Morgan fingerprint density at radius 2 is 1.95 bits per heavy atom. The molecule has 4 nitrogen and oxygen atoms in total. The maximum atomic E-state index is 11.6. The lowest BCUT2D eigenvalue weighted by Crippen LogP contribution is -2.35. The van der Waals surface area contributed by atoms with Crippen LogP contribution in [0, 0.1) is 6.92 Å². The molecular formula is C17H28N2O2. The van der Waals surface area contributed by atoms with Crippen molar-refractivity contribution >= 4 is 5.91 Å². The lowest BCUT2D eigenvalue weighted by atomic mass is 10.2. The molecular weight excluding hydrogens is 264 g/mol. The van der Waals surface area contributed by atoms with Crippen molar-refractivity contribution in [2.24, 2.45) is 0 Å². The molecule has 4 heteroatoms. The van der Waals surface area contributed by atoms with Gasteiger partial charge < -0.3 is 10.1 Å². The fourth-order valence-electron chi connectivity index (χ4n) is 2.04. The Bertz CT molecular complexity index is 404. The number of likely N-dealkylation sites (N-methyl/N-ethyl adjacent to an activating group) is 1. The predicted octanol–water partition coefficient (Wildman–Crippen LogP) is 2.61. The Labute approximate surface area is 128 Å². The molecule has 0 unspecified atom stereocenters. The van der Waals surface area contributed by atoms with E-state index in [0.717, 1.165) is 38.1 Å². The molecule has 0 aliphatic rings. The topological polar surface area (TPSA) is 41.6 Å². The summed E-state index contributed by atoms with van der Waals surface area (Å²) in [6.45, 7) is 7.02. The van der Waals surface area contributed by atoms with Gasteiger partial charge in [0.1, 0.15) is 5.75 Å². The zero-order valence-corrected chi connectivity index (χ0v) is 13.5. The minimum Gasteiger partial charge on any atom is -0.494 e. The first-order chi connectivity index (χ1) is 10.1. The van der Waals surface area contributed by atoms with E-state index >= 15 is 0 Å². The van der Waals surface area contributed by atoms with Gasteiger partial charge in [-0.05, 0) is 51.9 Å². The Morgan fingerprint density at radius 3 is 2.62 bits per heavy atom. The van der Waals surface area contributed by atoms with Gasteiger partial charge in [-0.2, -0.15) is 0 Å². The van der Waals surface area contributed by atoms with Crippen molar-refractivity contribution in [2.75, 3.05) is 33.3 Å². The average molecular weight is 292 g/mol. The van der Waals surface area contributed by atoms with Gasteiger partial charge in [0, 0.05) is 6.54 Å². The van der Waals surface area contributed by atoms with Crippen LogP contribution in [-0.2, 0) is 4.79 Å². The van der Waals surface area contributed by atoms with Gasteiger partial charge >= 0.3 is 0 Å². The SMILES string of the molecule is CCCN(C)CC(=O)NCCCCOc1ccc(C)cc1. The van der Waals surface area contributed by atoms with E-state index in [-0.39, 0.29) is 5.91 Å². The van der Waals surface area contributed by atoms with Crippen LogP contribution in [0.2, 0.25) is 0 Å². The number of nitrogens with one attached hydrogen (secondary N) is 1. The second-order valence-electron chi connectivity index (χ2n) is 5.46. The van der Waals surface area contributed by atoms with Crippen molar-refractivity contribution in [3.63, 3.8) is 0 Å². The van der Waals surface area contributed by atoms with Crippen molar-refractivity contribution < 1.29 is 9.53 Å². The summed E-state index contributed by atoms with van der Waals surface area (Å²) in [4.78, 5) is 13.7. The molecule has 0 radical (unpaired) electrons. The first-order valence-corrected chi connectivity index (χ1v) is 7.76. The van der Waals surface area contributed by atoms with Crippen LogP contribution in [0.1, 0.15) is 31.7 Å². The summed E-state index contributed by atoms with van der Waals surface area (Å²) in [5.74, 6) is 1.01. The molecule has 0 heterocycles. The lowest BCUT2D eigenvalue weighted by Gasteiger charge is -2.14. The number of amides is 1. The van der Waals surface area contributed by atoms with Gasteiger partial charge in [-0.3, -0.25) is 9.69 Å². The lowest BCUT2D eigenvalue weighted by molar-refractivity contribution is -0.121. The van der Waals surface area contributed by atoms with Gasteiger partial charge in [-0.1, -0.05) is 24.6 Å². The largest absolute Gasteiger partial charge is 0.494 e. The maximum Gasteiger partial charge on any atom is 0.234 e. The number of carbonyl (C=O) groups is 1. The number of benzene rings is 1. The number of hydrogen-bond donors (Lipinski definition) is 1. The molecule has 118 valence electrons. The fraction of sp³-hybridized carbons (Fsp3) is 0.588. The molecule has 1 aromatic rings. The zero-order valence-electron chi connectivity index (χ0n) is 13.5. The van der Waals surface area contributed by atoms with Gasteiger partial charge in [0.05, 0.1) is 13.2 Å². The third kappa shape index (κ3) is 8.35. The molecule has 0 aromatic heterocycles. The number of aryl methyl sites for hydroxylation is 1. The van der Waals surface area contributed by atoms with E-state index in [1.165, 1.54) is 5.56 Å². The third-order valence-corrected chi connectivity index (χ3v) is 3.20. The molecule has 0 saturated carbocycles. The number of rotatable bonds is 10. The van der Waals surface area contributed by atoms with Crippen LogP contribution in [0.5, 0.6) is 5.75 Å². The van der Waals surface area contributed by atoms with Crippen LogP contribution in [0.25, 0.3) is 0 Å². The standard InChI is InChI=1S/C17H28N2O2/c1-4-12-19(3)14-17(20)18-11-5-6-13-21-16-9-7-15(2)8-10-16/h7-10H,4-6,11-14H2,1-3H3,(H,18,20). The molecule has 1 N–H and O–H groups in total. The highest BCUT2D eigenvalue weighted by Gasteiger charge is 2.04. The minimum absolute atomic E-state index is 0.102.